The molecule has 7 nitrogen and oxygen atoms in total. The van der Waals surface area contributed by atoms with Crippen molar-refractivity contribution < 1.29 is 13.8 Å². The topological polar surface area (TPSA) is 91.4 Å². The number of fused-ring (bicyclic) bond motifs is 1. The molecular formula is C13H9BrN2O5. The van der Waals surface area contributed by atoms with Crippen molar-refractivity contribution in [2.24, 2.45) is 7.05 Å². The fourth-order valence-electron chi connectivity index (χ4n) is 2.05. The summed E-state index contributed by atoms with van der Waals surface area (Å²) in [5.41, 5.74) is 1.89. The quantitative estimate of drug-likeness (QED) is 0.410. The number of aromatic nitrogens is 1. The van der Waals surface area contributed by atoms with E-state index in [4.69, 9.17) is 8.83 Å². The summed E-state index contributed by atoms with van der Waals surface area (Å²) in [5.74, 6) is -0.358. The zero-order chi connectivity index (χ0) is 15.1. The molecule has 1 aromatic carbocycles. The van der Waals surface area contributed by atoms with Crippen molar-refractivity contribution in [2.45, 2.75) is 4.83 Å². The maximum absolute atomic E-state index is 11.5. The lowest BCUT2D eigenvalue weighted by Crippen LogP contribution is -2.08. The number of aryl methyl sites for hydroxylation is 1. The average Bonchev–Trinajstić information content (AvgIpc) is 3.04. The van der Waals surface area contributed by atoms with Gasteiger partial charge in [-0.25, -0.2) is 4.79 Å². The third-order valence-electron chi connectivity index (χ3n) is 3.15. The predicted molar refractivity (Wildman–Crippen MR) is 77.6 cm³/mol. The van der Waals surface area contributed by atoms with E-state index in [2.05, 4.69) is 15.9 Å². The predicted octanol–water partition coefficient (Wildman–Crippen LogP) is 3.12. The summed E-state index contributed by atoms with van der Waals surface area (Å²) in [6.07, 6.45) is 0. The van der Waals surface area contributed by atoms with Crippen molar-refractivity contribution in [3.05, 3.63) is 62.3 Å². The summed E-state index contributed by atoms with van der Waals surface area (Å²) >= 11 is 3.42. The Morgan fingerprint density at radius 3 is 2.71 bits per heavy atom. The Morgan fingerprint density at radius 1 is 1.29 bits per heavy atom. The first-order valence-corrected chi connectivity index (χ1v) is 6.86. The lowest BCUT2D eigenvalue weighted by Gasteiger charge is -2.06. The van der Waals surface area contributed by atoms with E-state index in [0.717, 1.165) is 5.56 Å². The van der Waals surface area contributed by atoms with Crippen LogP contribution < -0.4 is 5.76 Å². The Bertz CT molecular complexity index is 891. The molecule has 0 N–H and O–H groups in total. The highest BCUT2D eigenvalue weighted by molar-refractivity contribution is 9.09. The number of nitro groups is 1. The fourth-order valence-corrected chi connectivity index (χ4v) is 2.58. The maximum atomic E-state index is 11.5. The van der Waals surface area contributed by atoms with Crippen LogP contribution in [0.15, 0.2) is 44.0 Å². The molecule has 108 valence electrons. The number of hydrogen-bond donors (Lipinski definition) is 0. The van der Waals surface area contributed by atoms with E-state index in [-0.39, 0.29) is 10.7 Å². The third kappa shape index (κ3) is 2.27. The number of nitrogens with zero attached hydrogens (tertiary/aromatic N) is 2. The van der Waals surface area contributed by atoms with Crippen LogP contribution in [0.3, 0.4) is 0 Å². The molecular weight excluding hydrogens is 344 g/mol. The molecule has 0 spiro atoms. The Labute approximate surface area is 126 Å². The summed E-state index contributed by atoms with van der Waals surface area (Å²) in [6.45, 7) is 0. The second kappa shape index (κ2) is 4.88. The van der Waals surface area contributed by atoms with Gasteiger partial charge in [-0.15, -0.1) is 0 Å². The normalized spacial score (nSPS) is 12.7. The SMILES string of the molecule is Cn1c(=O)oc2cc(C(Br)c3ccc([N+](=O)[O-])o3)ccc21. The molecule has 3 rings (SSSR count). The van der Waals surface area contributed by atoms with Gasteiger partial charge in [-0.1, -0.05) is 22.0 Å². The number of halogens is 1. The van der Waals surface area contributed by atoms with Crippen molar-refractivity contribution >= 4 is 32.9 Å². The second-order valence-corrected chi connectivity index (χ2v) is 5.37. The minimum absolute atomic E-state index is 0.318. The van der Waals surface area contributed by atoms with Gasteiger partial charge in [0.1, 0.15) is 10.7 Å². The van der Waals surface area contributed by atoms with Crippen LogP contribution in [-0.4, -0.2) is 9.49 Å². The molecule has 0 amide bonds. The number of alkyl halides is 1. The highest BCUT2D eigenvalue weighted by Crippen LogP contribution is 2.34. The van der Waals surface area contributed by atoms with Crippen LogP contribution in [0.5, 0.6) is 0 Å². The molecule has 8 heteroatoms. The van der Waals surface area contributed by atoms with Gasteiger partial charge in [-0.2, -0.15) is 0 Å². The van der Waals surface area contributed by atoms with Gasteiger partial charge >= 0.3 is 11.6 Å². The summed E-state index contributed by atoms with van der Waals surface area (Å²) in [7, 11) is 1.62. The van der Waals surface area contributed by atoms with Crippen LogP contribution in [0.1, 0.15) is 16.2 Å². The van der Waals surface area contributed by atoms with Crippen molar-refractivity contribution in [1.82, 2.24) is 4.57 Å². The highest BCUT2D eigenvalue weighted by atomic mass is 79.9. The number of furan rings is 1. The van der Waals surface area contributed by atoms with Gasteiger partial charge < -0.3 is 8.83 Å². The first-order chi connectivity index (χ1) is 9.97. The largest absolute Gasteiger partial charge is 0.433 e. The van der Waals surface area contributed by atoms with Gasteiger partial charge in [0.15, 0.2) is 5.58 Å². The average molecular weight is 353 g/mol. The van der Waals surface area contributed by atoms with Gasteiger partial charge in [0.25, 0.3) is 0 Å². The van der Waals surface area contributed by atoms with E-state index in [0.29, 0.717) is 16.9 Å². The van der Waals surface area contributed by atoms with Crippen molar-refractivity contribution in [3.63, 3.8) is 0 Å². The minimum atomic E-state index is -0.595. The van der Waals surface area contributed by atoms with Gasteiger partial charge in [0.2, 0.25) is 0 Å². The van der Waals surface area contributed by atoms with E-state index in [1.165, 1.54) is 16.7 Å². The van der Waals surface area contributed by atoms with Gasteiger partial charge in [-0.3, -0.25) is 14.7 Å². The van der Waals surface area contributed by atoms with Crippen LogP contribution in [0, 0.1) is 10.1 Å². The van der Waals surface area contributed by atoms with Crippen LogP contribution in [0.25, 0.3) is 11.1 Å². The van der Waals surface area contributed by atoms with Gasteiger partial charge in [0.05, 0.1) is 16.4 Å². The van der Waals surface area contributed by atoms with E-state index in [1.54, 1.807) is 25.2 Å². The van der Waals surface area contributed by atoms with Gasteiger partial charge in [0, 0.05) is 7.05 Å². The van der Waals surface area contributed by atoms with Crippen LogP contribution in [0.2, 0.25) is 0 Å². The zero-order valence-corrected chi connectivity index (χ0v) is 12.4. The Balaban J connectivity index is 2.02. The van der Waals surface area contributed by atoms with E-state index in [9.17, 15) is 14.9 Å². The molecule has 0 fully saturated rings. The van der Waals surface area contributed by atoms with Crippen LogP contribution in [0.4, 0.5) is 5.88 Å². The molecule has 21 heavy (non-hydrogen) atoms. The molecule has 2 aromatic heterocycles. The third-order valence-corrected chi connectivity index (χ3v) is 4.13. The van der Waals surface area contributed by atoms with E-state index < -0.39 is 10.7 Å². The first-order valence-electron chi connectivity index (χ1n) is 5.95. The monoisotopic (exact) mass is 352 g/mol. The Kier molecular flexibility index (Phi) is 3.17. The first kappa shape index (κ1) is 13.6. The fraction of sp³-hybridized carbons (Fsp3) is 0.154. The maximum Gasteiger partial charge on any atom is 0.433 e. The summed E-state index contributed by atoms with van der Waals surface area (Å²) in [4.78, 5) is 21.1. The number of oxazole rings is 1. The molecule has 0 aliphatic rings. The van der Waals surface area contributed by atoms with Crippen molar-refractivity contribution in [2.75, 3.05) is 0 Å². The summed E-state index contributed by atoms with van der Waals surface area (Å²) in [6, 6.07) is 8.07. The second-order valence-electron chi connectivity index (χ2n) is 4.45. The molecule has 1 unspecified atom stereocenters. The molecule has 0 saturated heterocycles. The van der Waals surface area contributed by atoms with E-state index >= 15 is 0 Å². The molecule has 0 aliphatic carbocycles. The van der Waals surface area contributed by atoms with Crippen molar-refractivity contribution in [3.8, 4) is 0 Å². The molecule has 3 aromatic rings. The summed E-state index contributed by atoms with van der Waals surface area (Å²) < 4.78 is 11.7. The number of rotatable bonds is 3. The van der Waals surface area contributed by atoms with Crippen molar-refractivity contribution in [1.29, 1.82) is 0 Å². The Morgan fingerprint density at radius 2 is 2.05 bits per heavy atom. The molecule has 0 radical (unpaired) electrons. The molecule has 2 heterocycles. The van der Waals surface area contributed by atoms with E-state index in [1.807, 2.05) is 0 Å². The number of hydrogen-bond acceptors (Lipinski definition) is 5. The zero-order valence-electron chi connectivity index (χ0n) is 10.8. The smallest absolute Gasteiger partial charge is 0.408 e. The Hall–Kier alpha value is -2.35. The molecule has 0 aliphatic heterocycles. The molecule has 1 atom stereocenters. The molecule has 0 saturated carbocycles. The standard InChI is InChI=1S/C13H9BrN2O5/c1-15-8-3-2-7(6-10(8)21-13(15)17)12(14)9-4-5-11(20-9)16(18)19/h2-6,12H,1H3. The van der Waals surface area contributed by atoms with Crippen LogP contribution in [-0.2, 0) is 7.05 Å². The lowest BCUT2D eigenvalue weighted by atomic mass is 10.1. The highest BCUT2D eigenvalue weighted by Gasteiger charge is 2.20. The minimum Gasteiger partial charge on any atom is -0.408 e. The summed E-state index contributed by atoms with van der Waals surface area (Å²) in [5, 5.41) is 10.6. The number of benzene rings is 1. The van der Waals surface area contributed by atoms with Crippen LogP contribution >= 0.6 is 15.9 Å². The molecule has 0 bridgehead atoms. The lowest BCUT2D eigenvalue weighted by molar-refractivity contribution is -0.402. The van der Waals surface area contributed by atoms with Gasteiger partial charge in [-0.05, 0) is 23.8 Å².